The topological polar surface area (TPSA) is 51.4 Å². The van der Waals surface area contributed by atoms with Gasteiger partial charge in [-0.15, -0.1) is 23.7 Å². The highest BCUT2D eigenvalue weighted by Gasteiger charge is 2.12. The van der Waals surface area contributed by atoms with E-state index in [1.165, 1.54) is 10.4 Å². The highest BCUT2D eigenvalue weighted by Crippen LogP contribution is 2.20. The Hall–Kier alpha value is -1.30. The molecule has 0 saturated carbocycles. The van der Waals surface area contributed by atoms with E-state index in [-0.39, 0.29) is 12.4 Å². The summed E-state index contributed by atoms with van der Waals surface area (Å²) >= 11 is 1.56. The molecule has 0 aliphatic heterocycles. The summed E-state index contributed by atoms with van der Waals surface area (Å²) in [4.78, 5) is 7.73. The fraction of sp³-hybridized carbons (Fsp3) is 0.438. The van der Waals surface area contributed by atoms with Crippen LogP contribution in [0, 0.1) is 0 Å². The maximum atomic E-state index is 5.70. The second-order valence-electron chi connectivity index (χ2n) is 5.24. The molecular weight excluding hydrogens is 318 g/mol. The van der Waals surface area contributed by atoms with Crippen molar-refractivity contribution in [2.75, 3.05) is 12.3 Å². The molecule has 0 fully saturated rings. The van der Waals surface area contributed by atoms with Crippen LogP contribution in [0.25, 0.3) is 0 Å². The fourth-order valence-corrected chi connectivity index (χ4v) is 2.82. The van der Waals surface area contributed by atoms with Gasteiger partial charge >= 0.3 is 0 Å². The summed E-state index contributed by atoms with van der Waals surface area (Å²) in [6.07, 6.45) is 1.87. The smallest absolute Gasteiger partial charge is 0.180 e. The van der Waals surface area contributed by atoms with Crippen LogP contribution in [0.1, 0.15) is 31.2 Å². The van der Waals surface area contributed by atoms with Crippen molar-refractivity contribution in [3.63, 3.8) is 0 Å². The third kappa shape index (κ3) is 5.48. The van der Waals surface area contributed by atoms with Gasteiger partial charge < -0.3 is 10.5 Å². The Bertz CT molecular complexity index is 557. The molecule has 2 N–H and O–H groups in total. The van der Waals surface area contributed by atoms with E-state index in [0.29, 0.717) is 17.8 Å². The van der Waals surface area contributed by atoms with Crippen LogP contribution in [0.5, 0.6) is 5.75 Å². The zero-order valence-corrected chi connectivity index (χ0v) is 14.9. The second kappa shape index (κ2) is 8.98. The van der Waals surface area contributed by atoms with Crippen molar-refractivity contribution in [3.8, 4) is 5.75 Å². The minimum absolute atomic E-state index is 0. The molecule has 22 heavy (non-hydrogen) atoms. The van der Waals surface area contributed by atoms with Crippen molar-refractivity contribution in [1.29, 1.82) is 0 Å². The van der Waals surface area contributed by atoms with Gasteiger partial charge in [0.05, 0.1) is 6.61 Å². The number of thiazole rings is 1. The Balaban J connectivity index is 0.00000242. The molecule has 0 amide bonds. The summed E-state index contributed by atoms with van der Waals surface area (Å²) < 4.78 is 5.48. The first-order chi connectivity index (χ1) is 10.1. The number of nitrogens with zero attached hydrogens (tertiary/aromatic N) is 2. The van der Waals surface area contributed by atoms with Gasteiger partial charge in [-0.2, -0.15) is 0 Å². The van der Waals surface area contributed by atoms with Crippen LogP contribution < -0.4 is 10.5 Å². The SMILES string of the molecule is CCOc1ccc(CN(Cc2cnc(N)s2)C(C)C)cc1.Cl. The lowest BCUT2D eigenvalue weighted by atomic mass is 10.2. The van der Waals surface area contributed by atoms with E-state index in [0.717, 1.165) is 18.8 Å². The molecule has 0 aliphatic rings. The summed E-state index contributed by atoms with van der Waals surface area (Å²) in [6, 6.07) is 8.77. The van der Waals surface area contributed by atoms with Gasteiger partial charge in [-0.1, -0.05) is 12.1 Å². The average Bonchev–Trinajstić information content (AvgIpc) is 2.86. The van der Waals surface area contributed by atoms with E-state index in [4.69, 9.17) is 10.5 Å². The molecule has 6 heteroatoms. The molecule has 0 bridgehead atoms. The first-order valence-electron chi connectivity index (χ1n) is 7.24. The zero-order chi connectivity index (χ0) is 15.2. The highest BCUT2D eigenvalue weighted by molar-refractivity contribution is 7.15. The van der Waals surface area contributed by atoms with E-state index < -0.39 is 0 Å². The number of rotatable bonds is 7. The highest BCUT2D eigenvalue weighted by atomic mass is 35.5. The number of nitrogens with two attached hydrogens (primary N) is 1. The number of benzene rings is 1. The van der Waals surface area contributed by atoms with Gasteiger partial charge in [0.2, 0.25) is 0 Å². The molecule has 2 rings (SSSR count). The third-order valence-electron chi connectivity index (χ3n) is 3.28. The molecule has 0 spiro atoms. The molecule has 2 aromatic rings. The summed E-state index contributed by atoms with van der Waals surface area (Å²) in [5.41, 5.74) is 6.99. The van der Waals surface area contributed by atoms with Crippen LogP contribution in [0.15, 0.2) is 30.5 Å². The number of ether oxygens (including phenoxy) is 1. The van der Waals surface area contributed by atoms with Gasteiger partial charge in [0.25, 0.3) is 0 Å². The largest absolute Gasteiger partial charge is 0.494 e. The first kappa shape index (κ1) is 18.7. The standard InChI is InChI=1S/C16H23N3OS.ClH/c1-4-20-14-7-5-13(6-8-14)10-19(12(2)3)11-15-9-18-16(17)21-15;/h5-9,12H,4,10-11H2,1-3H3,(H2,17,18);1H. The minimum Gasteiger partial charge on any atom is -0.494 e. The Morgan fingerprint density at radius 1 is 1.23 bits per heavy atom. The molecule has 0 unspecified atom stereocenters. The van der Waals surface area contributed by atoms with Crippen LogP contribution in [0.3, 0.4) is 0 Å². The van der Waals surface area contributed by atoms with Crippen LogP contribution in [0.2, 0.25) is 0 Å². The summed E-state index contributed by atoms with van der Waals surface area (Å²) in [5, 5.41) is 0.634. The van der Waals surface area contributed by atoms with E-state index in [1.54, 1.807) is 11.3 Å². The van der Waals surface area contributed by atoms with E-state index in [9.17, 15) is 0 Å². The van der Waals surface area contributed by atoms with Crippen molar-refractivity contribution in [3.05, 3.63) is 40.9 Å². The zero-order valence-electron chi connectivity index (χ0n) is 13.3. The lowest BCUT2D eigenvalue weighted by molar-refractivity contribution is 0.205. The molecule has 1 aromatic carbocycles. The number of nitrogen functional groups attached to an aromatic ring is 1. The van der Waals surface area contributed by atoms with Crippen molar-refractivity contribution in [2.24, 2.45) is 0 Å². The lowest BCUT2D eigenvalue weighted by Gasteiger charge is -2.25. The molecule has 1 aromatic heterocycles. The number of hydrogen-bond donors (Lipinski definition) is 1. The Kier molecular flexibility index (Phi) is 7.65. The lowest BCUT2D eigenvalue weighted by Crippen LogP contribution is -2.29. The van der Waals surface area contributed by atoms with Gasteiger partial charge in [-0.3, -0.25) is 4.90 Å². The van der Waals surface area contributed by atoms with Crippen LogP contribution >= 0.6 is 23.7 Å². The van der Waals surface area contributed by atoms with Crippen molar-refractivity contribution in [2.45, 2.75) is 39.9 Å². The van der Waals surface area contributed by atoms with Gasteiger partial charge in [-0.05, 0) is 38.5 Å². The number of aromatic nitrogens is 1. The Morgan fingerprint density at radius 3 is 2.41 bits per heavy atom. The molecule has 0 saturated heterocycles. The molecular formula is C16H24ClN3OS. The Morgan fingerprint density at radius 2 is 1.91 bits per heavy atom. The quantitative estimate of drug-likeness (QED) is 0.828. The second-order valence-corrected chi connectivity index (χ2v) is 6.39. The van der Waals surface area contributed by atoms with Crippen molar-refractivity contribution in [1.82, 2.24) is 9.88 Å². The Labute approximate surface area is 142 Å². The van der Waals surface area contributed by atoms with Crippen LogP contribution in [-0.4, -0.2) is 22.5 Å². The van der Waals surface area contributed by atoms with Crippen LogP contribution in [-0.2, 0) is 13.1 Å². The average molecular weight is 342 g/mol. The summed E-state index contributed by atoms with van der Waals surface area (Å²) in [5.74, 6) is 0.924. The van der Waals surface area contributed by atoms with Gasteiger partial charge in [0, 0.05) is 30.2 Å². The summed E-state index contributed by atoms with van der Waals surface area (Å²) in [7, 11) is 0. The molecule has 0 radical (unpaired) electrons. The van der Waals surface area contributed by atoms with Gasteiger partial charge in [-0.25, -0.2) is 4.98 Å². The normalized spacial score (nSPS) is 10.8. The van der Waals surface area contributed by atoms with Crippen molar-refractivity contribution >= 4 is 28.9 Å². The first-order valence-corrected chi connectivity index (χ1v) is 8.06. The molecule has 0 aliphatic carbocycles. The third-order valence-corrected chi connectivity index (χ3v) is 4.09. The molecule has 1 heterocycles. The monoisotopic (exact) mass is 341 g/mol. The summed E-state index contributed by atoms with van der Waals surface area (Å²) in [6.45, 7) is 8.89. The van der Waals surface area contributed by atoms with E-state index in [2.05, 4.69) is 35.9 Å². The predicted octanol–water partition coefficient (Wildman–Crippen LogP) is 3.96. The number of hydrogen-bond acceptors (Lipinski definition) is 5. The molecule has 4 nitrogen and oxygen atoms in total. The molecule has 122 valence electrons. The van der Waals surface area contributed by atoms with Crippen molar-refractivity contribution < 1.29 is 4.74 Å². The maximum absolute atomic E-state index is 5.70. The van der Waals surface area contributed by atoms with E-state index in [1.807, 2.05) is 25.3 Å². The van der Waals surface area contributed by atoms with Gasteiger partial charge in [0.1, 0.15) is 5.75 Å². The molecule has 0 atom stereocenters. The number of halogens is 1. The predicted molar refractivity (Wildman–Crippen MR) is 95.8 cm³/mol. The maximum Gasteiger partial charge on any atom is 0.180 e. The minimum atomic E-state index is 0. The van der Waals surface area contributed by atoms with Gasteiger partial charge in [0.15, 0.2) is 5.13 Å². The van der Waals surface area contributed by atoms with E-state index >= 15 is 0 Å². The van der Waals surface area contributed by atoms with Crippen LogP contribution in [0.4, 0.5) is 5.13 Å². The fourth-order valence-electron chi connectivity index (χ4n) is 2.11. The number of anilines is 1.